The van der Waals surface area contributed by atoms with E-state index in [2.05, 4.69) is 47.1 Å². The van der Waals surface area contributed by atoms with Gasteiger partial charge in [-0.05, 0) is 55.7 Å². The molecule has 4 aromatic rings. The van der Waals surface area contributed by atoms with E-state index in [1.807, 2.05) is 59.1 Å². The number of para-hydroxylation sites is 1. The second kappa shape index (κ2) is 11.0. The number of esters is 1. The van der Waals surface area contributed by atoms with Crippen LogP contribution in [0.25, 0.3) is 11.5 Å². The van der Waals surface area contributed by atoms with E-state index < -0.39 is 0 Å². The number of ether oxygens (including phenoxy) is 1. The first kappa shape index (κ1) is 25.3. The van der Waals surface area contributed by atoms with E-state index in [9.17, 15) is 9.59 Å². The second-order valence-corrected chi connectivity index (χ2v) is 9.35. The molecule has 0 spiro atoms. The molecule has 0 bridgehead atoms. The highest BCUT2D eigenvalue weighted by Crippen LogP contribution is 2.38. The summed E-state index contributed by atoms with van der Waals surface area (Å²) in [7, 11) is 0. The largest absolute Gasteiger partial charge is 0.466 e. The molecule has 38 heavy (non-hydrogen) atoms. The predicted octanol–water partition coefficient (Wildman–Crippen LogP) is 5.10. The summed E-state index contributed by atoms with van der Waals surface area (Å²) < 4.78 is 9.12. The maximum Gasteiger partial charge on any atom is 0.318 e. The number of aromatic nitrogens is 3. The molecule has 0 radical (unpaired) electrons. The molecule has 1 atom stereocenters. The third kappa shape index (κ3) is 4.81. The number of carbonyl (C=O) groups excluding carboxylic acids is 2. The molecule has 2 aromatic carbocycles. The summed E-state index contributed by atoms with van der Waals surface area (Å²) in [6.45, 7) is 6.76. The van der Waals surface area contributed by atoms with Gasteiger partial charge in [0, 0.05) is 18.3 Å². The van der Waals surface area contributed by atoms with Crippen LogP contribution in [0, 0.1) is 6.92 Å². The lowest BCUT2D eigenvalue weighted by Gasteiger charge is -2.31. The molecule has 0 fully saturated rings. The highest BCUT2D eigenvalue weighted by atomic mass is 16.5. The summed E-state index contributed by atoms with van der Waals surface area (Å²) in [4.78, 5) is 27.5. The lowest BCUT2D eigenvalue weighted by Crippen LogP contribution is -2.42. The molecule has 8 heteroatoms. The molecule has 0 saturated heterocycles. The van der Waals surface area contributed by atoms with E-state index in [1.165, 1.54) is 5.56 Å². The van der Waals surface area contributed by atoms with Gasteiger partial charge in [-0.1, -0.05) is 49.4 Å². The first-order chi connectivity index (χ1) is 18.5. The number of hydrogen-bond donors (Lipinski definition) is 1. The van der Waals surface area contributed by atoms with Crippen molar-refractivity contribution in [2.24, 2.45) is 0 Å². The smallest absolute Gasteiger partial charge is 0.318 e. The van der Waals surface area contributed by atoms with Gasteiger partial charge in [0.2, 0.25) is 0 Å². The molecule has 1 N–H and O–H groups in total. The Labute approximate surface area is 222 Å². The fraction of sp³-hybridized carbons (Fsp3) is 0.300. The van der Waals surface area contributed by atoms with E-state index in [1.54, 1.807) is 6.92 Å². The van der Waals surface area contributed by atoms with Gasteiger partial charge in [0.05, 0.1) is 42.7 Å². The fourth-order valence-electron chi connectivity index (χ4n) is 5.04. The SMILES string of the molecule is CCOC(=O)CCNC(=O)N1Cc2c(C)nn(-c3ccccc3)c2-n2cccc2[C@H]1c1ccc(CC)cc1. The Kier molecular flexibility index (Phi) is 7.31. The van der Waals surface area contributed by atoms with Gasteiger partial charge in [-0.15, -0.1) is 0 Å². The van der Waals surface area contributed by atoms with Crippen molar-refractivity contribution in [3.63, 3.8) is 0 Å². The molecule has 1 aliphatic heterocycles. The van der Waals surface area contributed by atoms with E-state index in [-0.39, 0.29) is 31.0 Å². The van der Waals surface area contributed by atoms with Crippen molar-refractivity contribution >= 4 is 12.0 Å². The summed E-state index contributed by atoms with van der Waals surface area (Å²) in [5.41, 5.74) is 6.00. The summed E-state index contributed by atoms with van der Waals surface area (Å²) in [6, 6.07) is 22.0. The maximum atomic E-state index is 13.8. The highest BCUT2D eigenvalue weighted by Gasteiger charge is 2.35. The lowest BCUT2D eigenvalue weighted by molar-refractivity contribution is -0.142. The van der Waals surface area contributed by atoms with Crippen LogP contribution >= 0.6 is 0 Å². The van der Waals surface area contributed by atoms with E-state index in [0.29, 0.717) is 13.2 Å². The van der Waals surface area contributed by atoms with Crippen LogP contribution in [0.15, 0.2) is 72.9 Å². The quantitative estimate of drug-likeness (QED) is 0.350. The topological polar surface area (TPSA) is 81.4 Å². The standard InChI is InChI=1S/C30H33N5O3/c1-4-22-13-15-23(16-14-22)28-26-12-9-19-33(26)29-25(21(3)32-35(29)24-10-7-6-8-11-24)20-34(28)30(37)31-18-17-27(36)38-5-2/h6-16,19,28H,4-5,17-18,20H2,1-3H3,(H,31,37)/t28-/m1/s1. The number of benzene rings is 2. The zero-order chi connectivity index (χ0) is 26.6. The Bertz CT molecular complexity index is 1420. The van der Waals surface area contributed by atoms with Gasteiger partial charge in [-0.2, -0.15) is 5.10 Å². The van der Waals surface area contributed by atoms with E-state index in [0.717, 1.165) is 40.4 Å². The average molecular weight is 512 g/mol. The van der Waals surface area contributed by atoms with Gasteiger partial charge in [-0.3, -0.25) is 4.79 Å². The number of aryl methyl sites for hydroxylation is 2. The number of urea groups is 1. The van der Waals surface area contributed by atoms with Crippen molar-refractivity contribution in [1.29, 1.82) is 0 Å². The van der Waals surface area contributed by atoms with Crippen LogP contribution in [0.5, 0.6) is 0 Å². The second-order valence-electron chi connectivity index (χ2n) is 9.35. The van der Waals surface area contributed by atoms with Gasteiger partial charge < -0.3 is 19.5 Å². The lowest BCUT2D eigenvalue weighted by atomic mass is 10.00. The van der Waals surface area contributed by atoms with Gasteiger partial charge >= 0.3 is 12.0 Å². The molecule has 196 valence electrons. The molecule has 3 heterocycles. The molecular formula is C30H33N5O3. The summed E-state index contributed by atoms with van der Waals surface area (Å²) in [5.74, 6) is 0.595. The number of rotatable bonds is 7. The van der Waals surface area contributed by atoms with Gasteiger partial charge in [0.25, 0.3) is 0 Å². The third-order valence-electron chi connectivity index (χ3n) is 6.96. The number of nitrogens with zero attached hydrogens (tertiary/aromatic N) is 4. The van der Waals surface area contributed by atoms with Crippen molar-refractivity contribution in [3.8, 4) is 11.5 Å². The van der Waals surface area contributed by atoms with Crippen LogP contribution in [0.1, 0.15) is 54.4 Å². The molecule has 1 aliphatic rings. The minimum atomic E-state index is -0.338. The van der Waals surface area contributed by atoms with Crippen molar-refractivity contribution in [3.05, 3.63) is 101 Å². The van der Waals surface area contributed by atoms with Crippen LogP contribution in [0.3, 0.4) is 0 Å². The Balaban J connectivity index is 1.60. The normalized spacial score (nSPS) is 14.4. The monoisotopic (exact) mass is 511 g/mol. The highest BCUT2D eigenvalue weighted by molar-refractivity contribution is 5.77. The molecule has 2 amide bonds. The Morgan fingerprint density at radius 1 is 1.03 bits per heavy atom. The van der Waals surface area contributed by atoms with Gasteiger partial charge in [0.1, 0.15) is 5.82 Å². The zero-order valence-corrected chi connectivity index (χ0v) is 22.1. The van der Waals surface area contributed by atoms with Crippen LogP contribution in [0.4, 0.5) is 4.79 Å². The average Bonchev–Trinajstić information content (AvgIpc) is 3.50. The van der Waals surface area contributed by atoms with Crippen molar-refractivity contribution in [1.82, 2.24) is 24.6 Å². The number of amides is 2. The predicted molar refractivity (Wildman–Crippen MR) is 145 cm³/mol. The minimum Gasteiger partial charge on any atom is -0.466 e. The minimum absolute atomic E-state index is 0.121. The molecule has 5 rings (SSSR count). The van der Waals surface area contributed by atoms with E-state index in [4.69, 9.17) is 9.84 Å². The first-order valence-electron chi connectivity index (χ1n) is 13.1. The number of nitrogens with one attached hydrogen (secondary N) is 1. The molecule has 2 aromatic heterocycles. The van der Waals surface area contributed by atoms with E-state index >= 15 is 0 Å². The summed E-state index contributed by atoms with van der Waals surface area (Å²) >= 11 is 0. The molecule has 8 nitrogen and oxygen atoms in total. The zero-order valence-electron chi connectivity index (χ0n) is 22.1. The Hall–Kier alpha value is -4.33. The fourth-order valence-corrected chi connectivity index (χ4v) is 5.04. The van der Waals surface area contributed by atoms with Crippen LogP contribution in [-0.2, 0) is 22.5 Å². The molecule has 0 saturated carbocycles. The third-order valence-corrected chi connectivity index (χ3v) is 6.96. The first-order valence-corrected chi connectivity index (χ1v) is 13.1. The molecule has 0 aliphatic carbocycles. The number of carbonyl (C=O) groups is 2. The van der Waals surface area contributed by atoms with Crippen LogP contribution < -0.4 is 5.32 Å². The summed E-state index contributed by atoms with van der Waals surface area (Å²) in [6.07, 6.45) is 3.09. The Morgan fingerprint density at radius 2 is 1.79 bits per heavy atom. The molecular weight excluding hydrogens is 478 g/mol. The van der Waals surface area contributed by atoms with Crippen molar-refractivity contribution < 1.29 is 14.3 Å². The van der Waals surface area contributed by atoms with Crippen molar-refractivity contribution in [2.45, 2.75) is 46.2 Å². The maximum absolute atomic E-state index is 13.8. The number of fused-ring (bicyclic) bond motifs is 3. The number of hydrogen-bond acceptors (Lipinski definition) is 4. The van der Waals surface area contributed by atoms with Crippen molar-refractivity contribution in [2.75, 3.05) is 13.2 Å². The van der Waals surface area contributed by atoms with Crippen LogP contribution in [0.2, 0.25) is 0 Å². The van der Waals surface area contributed by atoms with Gasteiger partial charge in [0.15, 0.2) is 0 Å². The summed E-state index contributed by atoms with van der Waals surface area (Å²) in [5, 5.41) is 7.83. The van der Waals surface area contributed by atoms with Gasteiger partial charge in [-0.25, -0.2) is 9.48 Å². The Morgan fingerprint density at radius 3 is 2.50 bits per heavy atom. The molecule has 0 unspecified atom stereocenters. The van der Waals surface area contributed by atoms with Crippen LogP contribution in [-0.4, -0.2) is 44.4 Å².